The lowest BCUT2D eigenvalue weighted by Crippen LogP contribution is -2.33. The van der Waals surface area contributed by atoms with Crippen LogP contribution < -0.4 is 9.64 Å². The maximum absolute atomic E-state index is 14.1. The summed E-state index contributed by atoms with van der Waals surface area (Å²) in [7, 11) is 0. The first-order valence-corrected chi connectivity index (χ1v) is 10.3. The molecule has 4 nitrogen and oxygen atoms in total. The van der Waals surface area contributed by atoms with Gasteiger partial charge in [-0.1, -0.05) is 54.6 Å². The number of aryl methyl sites for hydroxylation is 1. The number of ether oxygens (including phenoxy) is 1. The lowest BCUT2D eigenvalue weighted by atomic mass is 9.86. The van der Waals surface area contributed by atoms with E-state index in [1.807, 2.05) is 91.2 Å². The second kappa shape index (κ2) is 7.18. The molecule has 142 valence electrons. The summed E-state index contributed by atoms with van der Waals surface area (Å²) in [6.45, 7) is 1.94. The SMILES string of the molecule is Cc1csc(N(C(=O)C2c3ccccc3Oc3ccccc32)c2ccccc2)n1. The zero-order chi connectivity index (χ0) is 19.8. The second-order valence-electron chi connectivity index (χ2n) is 6.89. The van der Waals surface area contributed by atoms with Crippen LogP contribution in [0.15, 0.2) is 84.2 Å². The van der Waals surface area contributed by atoms with Gasteiger partial charge in [0.05, 0.1) is 17.3 Å². The van der Waals surface area contributed by atoms with Crippen molar-refractivity contribution in [3.63, 3.8) is 0 Å². The van der Waals surface area contributed by atoms with Crippen molar-refractivity contribution in [2.24, 2.45) is 0 Å². The maximum Gasteiger partial charge on any atom is 0.245 e. The zero-order valence-electron chi connectivity index (χ0n) is 15.8. The van der Waals surface area contributed by atoms with E-state index >= 15 is 0 Å². The van der Waals surface area contributed by atoms with Gasteiger partial charge in [0, 0.05) is 16.5 Å². The molecule has 5 rings (SSSR count). The summed E-state index contributed by atoms with van der Waals surface area (Å²) in [6.07, 6.45) is 0. The number of nitrogens with zero attached hydrogens (tertiary/aromatic N) is 2. The van der Waals surface area contributed by atoms with E-state index in [1.54, 1.807) is 4.90 Å². The fourth-order valence-corrected chi connectivity index (χ4v) is 4.48. The molecule has 0 bridgehead atoms. The highest BCUT2D eigenvalue weighted by Gasteiger charge is 2.37. The predicted octanol–water partition coefficient (Wildman–Crippen LogP) is 6.05. The van der Waals surface area contributed by atoms with Crippen LogP contribution in [0.1, 0.15) is 22.7 Å². The van der Waals surface area contributed by atoms with Crippen molar-refractivity contribution >= 4 is 28.1 Å². The Bertz CT molecular complexity index is 1140. The fourth-order valence-electron chi connectivity index (χ4n) is 3.66. The smallest absolute Gasteiger partial charge is 0.245 e. The molecule has 29 heavy (non-hydrogen) atoms. The number of carbonyl (C=O) groups is 1. The molecular weight excluding hydrogens is 380 g/mol. The van der Waals surface area contributed by atoms with E-state index in [0.29, 0.717) is 16.6 Å². The molecule has 0 atom stereocenters. The Morgan fingerprint density at radius 1 is 0.897 bits per heavy atom. The number of amides is 1. The van der Waals surface area contributed by atoms with Gasteiger partial charge in [0.1, 0.15) is 11.5 Å². The molecule has 2 heterocycles. The Balaban J connectivity index is 1.69. The molecule has 1 aliphatic rings. The number of anilines is 2. The van der Waals surface area contributed by atoms with E-state index in [1.165, 1.54) is 11.3 Å². The third kappa shape index (κ3) is 3.09. The Labute approximate surface area is 173 Å². The van der Waals surface area contributed by atoms with Crippen LogP contribution in [0.2, 0.25) is 0 Å². The van der Waals surface area contributed by atoms with Gasteiger partial charge in [0.15, 0.2) is 5.13 Å². The number of para-hydroxylation sites is 3. The molecule has 0 saturated carbocycles. The molecule has 1 aromatic heterocycles. The van der Waals surface area contributed by atoms with Crippen molar-refractivity contribution in [3.8, 4) is 11.5 Å². The molecule has 3 aromatic carbocycles. The van der Waals surface area contributed by atoms with Crippen molar-refractivity contribution in [1.29, 1.82) is 0 Å². The predicted molar refractivity (Wildman–Crippen MR) is 115 cm³/mol. The Hall–Kier alpha value is -3.44. The monoisotopic (exact) mass is 398 g/mol. The van der Waals surface area contributed by atoms with Gasteiger partial charge in [-0.3, -0.25) is 9.69 Å². The molecule has 1 aliphatic heterocycles. The molecule has 0 radical (unpaired) electrons. The topological polar surface area (TPSA) is 42.4 Å². The normalized spacial score (nSPS) is 12.6. The third-order valence-corrected chi connectivity index (χ3v) is 5.90. The number of hydrogen-bond acceptors (Lipinski definition) is 4. The first-order chi connectivity index (χ1) is 14.2. The van der Waals surface area contributed by atoms with Crippen molar-refractivity contribution < 1.29 is 9.53 Å². The van der Waals surface area contributed by atoms with Gasteiger partial charge >= 0.3 is 0 Å². The van der Waals surface area contributed by atoms with Crippen molar-refractivity contribution in [2.75, 3.05) is 4.90 Å². The van der Waals surface area contributed by atoms with Crippen LogP contribution in [0.3, 0.4) is 0 Å². The lowest BCUT2D eigenvalue weighted by molar-refractivity contribution is -0.118. The number of hydrogen-bond donors (Lipinski definition) is 0. The molecule has 0 saturated heterocycles. The summed E-state index contributed by atoms with van der Waals surface area (Å²) in [5, 5.41) is 2.63. The number of aromatic nitrogens is 1. The van der Waals surface area contributed by atoms with Gasteiger partial charge in [-0.2, -0.15) is 0 Å². The van der Waals surface area contributed by atoms with Crippen LogP contribution >= 0.6 is 11.3 Å². The molecule has 0 spiro atoms. The van der Waals surface area contributed by atoms with E-state index in [-0.39, 0.29) is 5.91 Å². The first kappa shape index (κ1) is 17.6. The van der Waals surface area contributed by atoms with Crippen LogP contribution in [-0.2, 0) is 4.79 Å². The summed E-state index contributed by atoms with van der Waals surface area (Å²) < 4.78 is 6.07. The highest BCUT2D eigenvalue weighted by Crippen LogP contribution is 2.46. The Morgan fingerprint density at radius 3 is 2.07 bits per heavy atom. The van der Waals surface area contributed by atoms with Crippen LogP contribution in [0, 0.1) is 6.92 Å². The van der Waals surface area contributed by atoms with Crippen molar-refractivity contribution in [1.82, 2.24) is 4.98 Å². The van der Waals surface area contributed by atoms with E-state index in [4.69, 9.17) is 4.74 Å². The summed E-state index contributed by atoms with van der Waals surface area (Å²) in [5.41, 5.74) is 3.43. The summed E-state index contributed by atoms with van der Waals surface area (Å²) >= 11 is 1.47. The number of carbonyl (C=O) groups excluding carboxylic acids is 1. The van der Waals surface area contributed by atoms with E-state index in [0.717, 1.165) is 22.5 Å². The molecule has 0 fully saturated rings. The Kier molecular flexibility index (Phi) is 4.37. The molecule has 0 aliphatic carbocycles. The summed E-state index contributed by atoms with van der Waals surface area (Å²) in [4.78, 5) is 20.4. The standard InChI is InChI=1S/C24H18N2O2S/c1-16-15-29-24(25-16)26(17-9-3-2-4-10-17)23(27)22-18-11-5-7-13-20(18)28-21-14-8-6-12-19(21)22/h2-15,22H,1H3. The fraction of sp³-hybridized carbons (Fsp3) is 0.0833. The van der Waals surface area contributed by atoms with Gasteiger partial charge in [-0.15, -0.1) is 11.3 Å². The van der Waals surface area contributed by atoms with Crippen molar-refractivity contribution in [3.05, 3.63) is 101 Å². The highest BCUT2D eigenvalue weighted by molar-refractivity contribution is 7.14. The molecule has 5 heteroatoms. The van der Waals surface area contributed by atoms with Gasteiger partial charge in [0.25, 0.3) is 0 Å². The molecule has 4 aromatic rings. The molecule has 1 amide bonds. The average molecular weight is 398 g/mol. The van der Waals surface area contributed by atoms with Crippen LogP contribution in [-0.4, -0.2) is 10.9 Å². The molecular formula is C24H18N2O2S. The number of thiazole rings is 1. The number of rotatable bonds is 3. The number of benzene rings is 3. The van der Waals surface area contributed by atoms with Crippen molar-refractivity contribution in [2.45, 2.75) is 12.8 Å². The molecule has 0 unspecified atom stereocenters. The first-order valence-electron chi connectivity index (χ1n) is 9.39. The minimum Gasteiger partial charge on any atom is -0.457 e. The minimum absolute atomic E-state index is 0.0475. The van der Waals surface area contributed by atoms with Gasteiger partial charge in [-0.05, 0) is 31.2 Å². The largest absolute Gasteiger partial charge is 0.457 e. The lowest BCUT2D eigenvalue weighted by Gasteiger charge is -2.31. The van der Waals surface area contributed by atoms with Gasteiger partial charge in [-0.25, -0.2) is 4.98 Å². The quantitative estimate of drug-likeness (QED) is 0.422. The van der Waals surface area contributed by atoms with E-state index in [2.05, 4.69) is 4.98 Å². The van der Waals surface area contributed by atoms with Crippen LogP contribution in [0.25, 0.3) is 0 Å². The Morgan fingerprint density at radius 2 is 1.48 bits per heavy atom. The number of fused-ring (bicyclic) bond motifs is 2. The summed E-state index contributed by atoms with van der Waals surface area (Å²) in [5.74, 6) is 0.912. The average Bonchev–Trinajstić information content (AvgIpc) is 3.18. The van der Waals surface area contributed by atoms with Gasteiger partial charge < -0.3 is 4.74 Å². The van der Waals surface area contributed by atoms with E-state index < -0.39 is 5.92 Å². The highest BCUT2D eigenvalue weighted by atomic mass is 32.1. The van der Waals surface area contributed by atoms with Gasteiger partial charge in [0.2, 0.25) is 5.91 Å². The third-order valence-electron chi connectivity index (χ3n) is 4.96. The van der Waals surface area contributed by atoms with E-state index in [9.17, 15) is 4.79 Å². The minimum atomic E-state index is -0.472. The van der Waals surface area contributed by atoms with Crippen LogP contribution in [0.4, 0.5) is 10.8 Å². The zero-order valence-corrected chi connectivity index (χ0v) is 16.6. The second-order valence-corrected chi connectivity index (χ2v) is 7.73. The molecule has 0 N–H and O–H groups in total. The maximum atomic E-state index is 14.1. The summed E-state index contributed by atoms with van der Waals surface area (Å²) in [6, 6.07) is 25.2. The van der Waals surface area contributed by atoms with Crippen LogP contribution in [0.5, 0.6) is 11.5 Å².